The number of carbonyl (C=O) groups is 3. The number of ether oxygens (including phenoxy) is 2. The number of anilines is 1. The van der Waals surface area contributed by atoms with E-state index in [-0.39, 0.29) is 30.1 Å². The summed E-state index contributed by atoms with van der Waals surface area (Å²) < 4.78 is 14.8. The minimum Gasteiger partial charge on any atom is -0.463 e. The number of rotatable bonds is 6. The van der Waals surface area contributed by atoms with Crippen LogP contribution >= 0.6 is 0 Å². The molecule has 0 saturated heterocycles. The number of nitrogens with one attached hydrogen (secondary N) is 1. The molecule has 8 heteroatoms. The van der Waals surface area contributed by atoms with E-state index in [1.54, 1.807) is 32.0 Å². The summed E-state index contributed by atoms with van der Waals surface area (Å²) in [6.45, 7) is 2.67. The topological polar surface area (TPSA) is 108 Å². The number of Topliss-reactive ketones (excluding diaryl/α,β-unsaturated/α-hetero) is 1. The molecule has 2 aromatic rings. The number of esters is 1. The van der Waals surface area contributed by atoms with Gasteiger partial charge in [0, 0.05) is 17.3 Å². The smallest absolute Gasteiger partial charge is 0.344 e. The Labute approximate surface area is 143 Å². The molecule has 0 unspecified atom stereocenters. The van der Waals surface area contributed by atoms with Crippen molar-refractivity contribution in [3.63, 3.8) is 0 Å². The number of ketones is 1. The number of nitrogens with zero attached hydrogens (tertiary/aromatic N) is 1. The SMILES string of the molecule is Cc1cc(OCC(=O)OCC(=O)c2ccc3c(c2)[C@@H](C)C(=O)N3)no1. The molecule has 1 atom stereocenters. The fourth-order valence-electron chi connectivity index (χ4n) is 2.41. The third kappa shape index (κ3) is 3.68. The third-order valence-corrected chi connectivity index (χ3v) is 3.80. The Bertz CT molecular complexity index is 841. The minimum atomic E-state index is -0.694. The summed E-state index contributed by atoms with van der Waals surface area (Å²) in [6.07, 6.45) is 0. The van der Waals surface area contributed by atoms with Crippen LogP contribution in [0.15, 0.2) is 28.8 Å². The van der Waals surface area contributed by atoms with Crippen molar-refractivity contribution in [3.8, 4) is 5.88 Å². The predicted octanol–water partition coefficient (Wildman–Crippen LogP) is 1.84. The standard InChI is InChI=1S/C17H16N2O6/c1-9-5-15(19-25-9)23-8-16(21)24-7-14(20)11-3-4-13-12(6-11)10(2)17(22)18-13/h3-6,10H,7-8H2,1-2H3,(H,18,22)/t10-/m1/s1. The lowest BCUT2D eigenvalue weighted by Gasteiger charge is -2.07. The summed E-state index contributed by atoms with van der Waals surface area (Å²) in [5.74, 6) is -0.751. The molecule has 130 valence electrons. The van der Waals surface area contributed by atoms with E-state index in [0.717, 1.165) is 5.56 Å². The van der Waals surface area contributed by atoms with Gasteiger partial charge in [0.1, 0.15) is 5.76 Å². The number of carbonyl (C=O) groups excluding carboxylic acids is 3. The highest BCUT2D eigenvalue weighted by Crippen LogP contribution is 2.32. The van der Waals surface area contributed by atoms with Crippen molar-refractivity contribution in [3.05, 3.63) is 41.2 Å². The molecule has 2 heterocycles. The van der Waals surface area contributed by atoms with Crippen LogP contribution in [-0.2, 0) is 14.3 Å². The Balaban J connectivity index is 1.52. The van der Waals surface area contributed by atoms with Gasteiger partial charge >= 0.3 is 5.97 Å². The van der Waals surface area contributed by atoms with Gasteiger partial charge in [-0.2, -0.15) is 0 Å². The van der Waals surface area contributed by atoms with Crippen LogP contribution < -0.4 is 10.1 Å². The Kier molecular flexibility index (Phi) is 4.51. The summed E-state index contributed by atoms with van der Waals surface area (Å²) in [7, 11) is 0. The number of aryl methyl sites for hydroxylation is 1. The van der Waals surface area contributed by atoms with Gasteiger partial charge < -0.3 is 19.3 Å². The van der Waals surface area contributed by atoms with Crippen molar-refractivity contribution >= 4 is 23.3 Å². The van der Waals surface area contributed by atoms with Gasteiger partial charge in [0.05, 0.1) is 5.92 Å². The molecular formula is C17H16N2O6. The first-order chi connectivity index (χ1) is 11.9. The van der Waals surface area contributed by atoms with Crippen LogP contribution in [0.4, 0.5) is 5.69 Å². The molecule has 0 saturated carbocycles. The number of benzene rings is 1. The monoisotopic (exact) mass is 344 g/mol. The van der Waals surface area contributed by atoms with Crippen molar-refractivity contribution in [2.45, 2.75) is 19.8 Å². The van der Waals surface area contributed by atoms with Crippen molar-refractivity contribution in [2.75, 3.05) is 18.5 Å². The Morgan fingerprint density at radius 3 is 2.80 bits per heavy atom. The average molecular weight is 344 g/mol. The maximum atomic E-state index is 12.2. The van der Waals surface area contributed by atoms with Crippen LogP contribution in [0.2, 0.25) is 0 Å². The van der Waals surface area contributed by atoms with E-state index in [0.29, 0.717) is 17.0 Å². The molecule has 0 bridgehead atoms. The van der Waals surface area contributed by atoms with Crippen molar-refractivity contribution < 1.29 is 28.4 Å². The van der Waals surface area contributed by atoms with Crippen LogP contribution in [0.5, 0.6) is 5.88 Å². The fraction of sp³-hybridized carbons (Fsp3) is 0.294. The van der Waals surface area contributed by atoms with Crippen LogP contribution in [0.3, 0.4) is 0 Å². The van der Waals surface area contributed by atoms with E-state index in [1.807, 2.05) is 0 Å². The van der Waals surface area contributed by atoms with Gasteiger partial charge in [-0.1, -0.05) is 0 Å². The number of aromatic nitrogens is 1. The first kappa shape index (κ1) is 16.7. The zero-order valence-corrected chi connectivity index (χ0v) is 13.7. The molecule has 0 spiro atoms. The highest BCUT2D eigenvalue weighted by atomic mass is 16.6. The van der Waals surface area contributed by atoms with E-state index in [9.17, 15) is 14.4 Å². The fourth-order valence-corrected chi connectivity index (χ4v) is 2.41. The molecule has 0 fully saturated rings. The normalized spacial score (nSPS) is 15.4. The molecule has 25 heavy (non-hydrogen) atoms. The van der Waals surface area contributed by atoms with Crippen molar-refractivity contribution in [2.24, 2.45) is 0 Å². The number of hydrogen-bond acceptors (Lipinski definition) is 7. The van der Waals surface area contributed by atoms with Crippen molar-refractivity contribution in [1.82, 2.24) is 5.16 Å². The van der Waals surface area contributed by atoms with Crippen LogP contribution in [0.25, 0.3) is 0 Å². The summed E-state index contributed by atoms with van der Waals surface area (Å²) >= 11 is 0. The molecule has 1 amide bonds. The molecule has 1 aromatic heterocycles. The molecule has 1 aliphatic rings. The predicted molar refractivity (Wildman–Crippen MR) is 85.5 cm³/mol. The van der Waals surface area contributed by atoms with Gasteiger partial charge in [-0.05, 0) is 42.8 Å². The lowest BCUT2D eigenvalue weighted by Crippen LogP contribution is -2.19. The molecule has 8 nitrogen and oxygen atoms in total. The quantitative estimate of drug-likeness (QED) is 0.629. The van der Waals surface area contributed by atoms with E-state index >= 15 is 0 Å². The van der Waals surface area contributed by atoms with E-state index in [4.69, 9.17) is 14.0 Å². The number of fused-ring (bicyclic) bond motifs is 1. The first-order valence-corrected chi connectivity index (χ1v) is 7.64. The maximum Gasteiger partial charge on any atom is 0.344 e. The van der Waals surface area contributed by atoms with Crippen LogP contribution in [0, 0.1) is 6.92 Å². The van der Waals surface area contributed by atoms with Gasteiger partial charge in [-0.25, -0.2) is 4.79 Å². The first-order valence-electron chi connectivity index (χ1n) is 7.64. The largest absolute Gasteiger partial charge is 0.463 e. The summed E-state index contributed by atoms with van der Waals surface area (Å²) in [5, 5.41) is 6.30. The van der Waals surface area contributed by atoms with Crippen LogP contribution in [0.1, 0.15) is 34.5 Å². The summed E-state index contributed by atoms with van der Waals surface area (Å²) in [4.78, 5) is 35.4. The molecule has 1 aromatic carbocycles. The summed E-state index contributed by atoms with van der Waals surface area (Å²) in [6, 6.07) is 6.42. The molecule has 0 radical (unpaired) electrons. The summed E-state index contributed by atoms with van der Waals surface area (Å²) in [5.41, 5.74) is 1.83. The van der Waals surface area contributed by atoms with Gasteiger partial charge in [0.25, 0.3) is 5.88 Å². The molecule has 3 rings (SSSR count). The zero-order chi connectivity index (χ0) is 18.0. The Hall–Kier alpha value is -3.16. The lowest BCUT2D eigenvalue weighted by molar-refractivity contribution is -0.144. The Morgan fingerprint density at radius 2 is 2.08 bits per heavy atom. The van der Waals surface area contributed by atoms with Crippen molar-refractivity contribution in [1.29, 1.82) is 0 Å². The van der Waals surface area contributed by atoms with Gasteiger partial charge in [-0.3, -0.25) is 9.59 Å². The Morgan fingerprint density at radius 1 is 1.28 bits per heavy atom. The highest BCUT2D eigenvalue weighted by Gasteiger charge is 2.27. The molecular weight excluding hydrogens is 328 g/mol. The number of amides is 1. The van der Waals surface area contributed by atoms with E-state index in [1.165, 1.54) is 6.07 Å². The zero-order valence-electron chi connectivity index (χ0n) is 13.7. The second kappa shape index (κ2) is 6.76. The minimum absolute atomic E-state index is 0.105. The highest BCUT2D eigenvalue weighted by molar-refractivity contribution is 6.05. The third-order valence-electron chi connectivity index (χ3n) is 3.80. The molecule has 0 aliphatic carbocycles. The number of hydrogen-bond donors (Lipinski definition) is 1. The second-order valence-corrected chi connectivity index (χ2v) is 5.66. The molecule has 1 aliphatic heterocycles. The van der Waals surface area contributed by atoms with E-state index in [2.05, 4.69) is 10.5 Å². The van der Waals surface area contributed by atoms with Gasteiger partial charge in [0.15, 0.2) is 19.0 Å². The van der Waals surface area contributed by atoms with Gasteiger partial charge in [-0.15, -0.1) is 0 Å². The van der Waals surface area contributed by atoms with E-state index < -0.39 is 12.6 Å². The lowest BCUT2D eigenvalue weighted by atomic mass is 9.99. The van der Waals surface area contributed by atoms with Gasteiger partial charge in [0.2, 0.25) is 5.91 Å². The molecule has 1 N–H and O–H groups in total. The second-order valence-electron chi connectivity index (χ2n) is 5.66. The average Bonchev–Trinajstić information content (AvgIpc) is 3.14. The van der Waals surface area contributed by atoms with Crippen LogP contribution in [-0.4, -0.2) is 36.0 Å². The maximum absolute atomic E-state index is 12.2.